The summed E-state index contributed by atoms with van der Waals surface area (Å²) in [7, 11) is 0. The van der Waals surface area contributed by atoms with Crippen LogP contribution in [-0.4, -0.2) is 40.4 Å². The van der Waals surface area contributed by atoms with Crippen molar-refractivity contribution in [2.24, 2.45) is 11.8 Å². The number of hydrogen-bond acceptors (Lipinski definition) is 7. The molecule has 0 N–H and O–H groups in total. The average molecular weight is 507 g/mol. The molecule has 3 heterocycles. The van der Waals surface area contributed by atoms with E-state index in [1.165, 1.54) is 6.92 Å². The molecule has 7 nitrogen and oxygen atoms in total. The minimum absolute atomic E-state index is 0.0384. The van der Waals surface area contributed by atoms with Crippen LogP contribution in [0.5, 0.6) is 17.2 Å². The number of ketones is 2. The van der Waals surface area contributed by atoms with Crippen molar-refractivity contribution in [2.75, 3.05) is 0 Å². The first-order valence-corrected chi connectivity index (χ1v) is 13.1. The molecule has 1 saturated carbocycles. The van der Waals surface area contributed by atoms with Crippen LogP contribution in [-0.2, 0) is 19.7 Å². The maximum absolute atomic E-state index is 14.5. The van der Waals surface area contributed by atoms with Gasteiger partial charge in [0, 0.05) is 47.8 Å². The summed E-state index contributed by atoms with van der Waals surface area (Å²) in [5.41, 5.74) is -1.36. The first kappa shape index (κ1) is 24.4. The van der Waals surface area contributed by atoms with Gasteiger partial charge in [0.2, 0.25) is 0 Å². The van der Waals surface area contributed by atoms with Crippen LogP contribution in [0.4, 0.5) is 0 Å². The lowest BCUT2D eigenvalue weighted by atomic mass is 9.51. The number of ether oxygens (including phenoxy) is 4. The number of carbonyl (C=O) groups excluding carboxylic acids is 3. The molecule has 1 aromatic carbocycles. The number of allylic oxidation sites excluding steroid dienone is 2. The van der Waals surface area contributed by atoms with Gasteiger partial charge in [-0.05, 0) is 41.0 Å². The van der Waals surface area contributed by atoms with Gasteiger partial charge >= 0.3 is 5.97 Å². The van der Waals surface area contributed by atoms with Crippen LogP contribution in [0, 0.1) is 11.8 Å². The summed E-state index contributed by atoms with van der Waals surface area (Å²) >= 11 is 0. The molecule has 0 amide bonds. The highest BCUT2D eigenvalue weighted by Crippen LogP contribution is 2.69. The molecule has 6 aliphatic rings. The molecule has 0 aromatic heterocycles. The number of benzene rings is 1. The Hall–Kier alpha value is -2.93. The monoisotopic (exact) mass is 506 g/mol. The van der Waals surface area contributed by atoms with Gasteiger partial charge in [0.05, 0.1) is 5.60 Å². The predicted octanol–water partition coefficient (Wildman–Crippen LogP) is 5.03. The Morgan fingerprint density at radius 2 is 1.86 bits per heavy atom. The number of esters is 1. The van der Waals surface area contributed by atoms with Crippen LogP contribution in [0.25, 0.3) is 0 Å². The fourth-order valence-corrected chi connectivity index (χ4v) is 7.38. The molecular formula is C30H34O7. The van der Waals surface area contributed by atoms with Crippen molar-refractivity contribution in [1.29, 1.82) is 0 Å². The molecule has 4 bridgehead atoms. The largest absolute Gasteiger partial charge is 0.489 e. The molecule has 5 atom stereocenters. The van der Waals surface area contributed by atoms with E-state index in [1.54, 1.807) is 12.1 Å². The standard InChI is InChI=1S/C30H34O7/c1-14(2)9-10-29-26(33)17-11-18-24(32)22-19(35-16(4)31)13-20-23(27(5,6)15(3)34-20)25(22)36-30(18,29)21(12-17)28(7,8)37-29/h9,11,13,15,17,21H,10,12H2,1-8H3/t15-,17?,21+,29-,30?/m1/s1. The van der Waals surface area contributed by atoms with Crippen LogP contribution >= 0.6 is 0 Å². The van der Waals surface area contributed by atoms with Gasteiger partial charge < -0.3 is 18.9 Å². The van der Waals surface area contributed by atoms with Gasteiger partial charge in [-0.2, -0.15) is 0 Å². The molecule has 1 spiro atoms. The van der Waals surface area contributed by atoms with E-state index in [-0.39, 0.29) is 34.9 Å². The SMILES string of the molecule is CC(=O)Oc1cc2c(c3c1C(=O)C1=CC4C[C@H]5C(C)(C)O[C@](CC=C(C)C)(C4=O)C15O3)C(C)(C)[C@@H](C)O2. The number of carbonyl (C=O) groups is 3. The maximum Gasteiger partial charge on any atom is 0.308 e. The molecule has 37 heavy (non-hydrogen) atoms. The number of hydrogen-bond donors (Lipinski definition) is 0. The molecule has 7 heteroatoms. The summed E-state index contributed by atoms with van der Waals surface area (Å²) in [6.45, 7) is 15.3. The summed E-state index contributed by atoms with van der Waals surface area (Å²) in [4.78, 5) is 40.6. The quantitative estimate of drug-likeness (QED) is 0.323. The van der Waals surface area contributed by atoms with Gasteiger partial charge in [-0.3, -0.25) is 14.4 Å². The van der Waals surface area contributed by atoms with E-state index in [4.69, 9.17) is 18.9 Å². The Labute approximate surface area is 217 Å². The lowest BCUT2D eigenvalue weighted by molar-refractivity contribution is -0.171. The van der Waals surface area contributed by atoms with Crippen LogP contribution < -0.4 is 14.2 Å². The fraction of sp³-hybridized carbons (Fsp3) is 0.567. The van der Waals surface area contributed by atoms with Gasteiger partial charge in [-0.15, -0.1) is 0 Å². The molecule has 2 unspecified atom stereocenters. The van der Waals surface area contributed by atoms with Gasteiger partial charge in [0.1, 0.15) is 28.9 Å². The highest BCUT2D eigenvalue weighted by atomic mass is 16.6. The summed E-state index contributed by atoms with van der Waals surface area (Å²) < 4.78 is 25.6. The molecule has 7 rings (SSSR count). The fourth-order valence-electron chi connectivity index (χ4n) is 7.38. The zero-order chi connectivity index (χ0) is 26.9. The Morgan fingerprint density at radius 3 is 2.51 bits per heavy atom. The van der Waals surface area contributed by atoms with E-state index in [1.807, 2.05) is 54.5 Å². The van der Waals surface area contributed by atoms with Crippen LogP contribution in [0.15, 0.2) is 29.4 Å². The van der Waals surface area contributed by atoms with Gasteiger partial charge in [-0.25, -0.2) is 0 Å². The first-order valence-electron chi connectivity index (χ1n) is 13.1. The Morgan fingerprint density at radius 1 is 1.16 bits per heavy atom. The van der Waals surface area contributed by atoms with Crippen LogP contribution in [0.1, 0.15) is 84.2 Å². The topological polar surface area (TPSA) is 88.1 Å². The van der Waals surface area contributed by atoms with E-state index >= 15 is 0 Å². The van der Waals surface area contributed by atoms with Crippen molar-refractivity contribution < 1.29 is 33.3 Å². The highest BCUT2D eigenvalue weighted by Gasteiger charge is 2.81. The molecule has 2 fully saturated rings. The maximum atomic E-state index is 14.5. The Kier molecular flexibility index (Phi) is 4.70. The summed E-state index contributed by atoms with van der Waals surface area (Å²) in [6, 6.07) is 1.63. The number of rotatable bonds is 3. The zero-order valence-electron chi connectivity index (χ0n) is 22.7. The summed E-state index contributed by atoms with van der Waals surface area (Å²) in [6.07, 6.45) is 4.44. The predicted molar refractivity (Wildman–Crippen MR) is 135 cm³/mol. The van der Waals surface area contributed by atoms with Crippen molar-refractivity contribution in [3.8, 4) is 17.2 Å². The normalized spacial score (nSPS) is 35.0. The molecular weight excluding hydrogens is 472 g/mol. The zero-order valence-corrected chi connectivity index (χ0v) is 22.7. The van der Waals surface area contributed by atoms with E-state index in [0.29, 0.717) is 29.9 Å². The molecule has 3 aliphatic carbocycles. The van der Waals surface area contributed by atoms with Gasteiger partial charge in [0.25, 0.3) is 0 Å². The second kappa shape index (κ2) is 7.13. The smallest absolute Gasteiger partial charge is 0.308 e. The highest BCUT2D eigenvalue weighted by molar-refractivity contribution is 6.18. The van der Waals surface area contributed by atoms with Gasteiger partial charge in [-0.1, -0.05) is 31.6 Å². The summed E-state index contributed by atoms with van der Waals surface area (Å²) in [5.74, 6) is -0.540. The van der Waals surface area contributed by atoms with Crippen molar-refractivity contribution in [3.05, 3.63) is 40.5 Å². The van der Waals surface area contributed by atoms with Crippen molar-refractivity contribution in [3.63, 3.8) is 0 Å². The second-order valence-corrected chi connectivity index (χ2v) is 12.6. The minimum atomic E-state index is -1.33. The molecule has 1 saturated heterocycles. The molecule has 196 valence electrons. The lowest BCUT2D eigenvalue weighted by Crippen LogP contribution is -2.72. The van der Waals surface area contributed by atoms with Crippen molar-refractivity contribution in [2.45, 2.75) is 96.6 Å². The summed E-state index contributed by atoms with van der Waals surface area (Å²) in [5, 5.41) is 0. The van der Waals surface area contributed by atoms with E-state index < -0.39 is 34.1 Å². The molecule has 3 aliphatic heterocycles. The molecule has 0 radical (unpaired) electrons. The average Bonchev–Trinajstić information content (AvgIpc) is 3.10. The second-order valence-electron chi connectivity index (χ2n) is 12.6. The van der Waals surface area contributed by atoms with E-state index in [9.17, 15) is 14.4 Å². The minimum Gasteiger partial charge on any atom is -0.489 e. The number of fused-ring (bicyclic) bond motifs is 3. The van der Waals surface area contributed by atoms with Crippen molar-refractivity contribution in [1.82, 2.24) is 0 Å². The van der Waals surface area contributed by atoms with Gasteiger partial charge in [0.15, 0.2) is 22.8 Å². The third-order valence-electron chi connectivity index (χ3n) is 9.32. The Balaban J connectivity index is 1.68. The van der Waals surface area contributed by atoms with Crippen LogP contribution in [0.3, 0.4) is 0 Å². The van der Waals surface area contributed by atoms with E-state index in [2.05, 4.69) is 0 Å². The lowest BCUT2D eigenvalue weighted by Gasteiger charge is -2.56. The molecule has 1 aromatic rings. The number of Topliss-reactive ketones (excluding diaryl/α,β-unsaturated/α-hetero) is 2. The third kappa shape index (κ3) is 2.78. The van der Waals surface area contributed by atoms with E-state index in [0.717, 1.165) is 11.1 Å². The van der Waals surface area contributed by atoms with Crippen LogP contribution in [0.2, 0.25) is 0 Å². The first-order chi connectivity index (χ1) is 17.2. The Bertz CT molecular complexity index is 1360. The van der Waals surface area contributed by atoms with Crippen molar-refractivity contribution >= 4 is 17.5 Å². The third-order valence-corrected chi connectivity index (χ3v) is 9.32.